The Morgan fingerprint density at radius 2 is 1.80 bits per heavy atom. The molecule has 4 nitrogen and oxygen atoms in total. The van der Waals surface area contributed by atoms with E-state index in [4.69, 9.17) is 5.73 Å². The molecular weight excluding hydrogens is 248 g/mol. The highest BCUT2D eigenvalue weighted by atomic mass is 15.2. The molecule has 1 atom stereocenters. The lowest BCUT2D eigenvalue weighted by atomic mass is 9.49. The number of anilines is 1. The minimum absolute atomic E-state index is 0.226. The number of nitrogens with one attached hydrogen (secondary N) is 1. The number of hydrogen-bond donors (Lipinski definition) is 2. The van der Waals surface area contributed by atoms with Gasteiger partial charge >= 0.3 is 0 Å². The van der Waals surface area contributed by atoms with Crippen molar-refractivity contribution >= 4 is 5.95 Å². The molecule has 0 saturated heterocycles. The third-order valence-corrected chi connectivity index (χ3v) is 6.38. The zero-order valence-corrected chi connectivity index (χ0v) is 12.0. The largest absolute Gasteiger partial charge is 0.354 e. The van der Waals surface area contributed by atoms with Crippen LogP contribution in [0.5, 0.6) is 0 Å². The second kappa shape index (κ2) is 3.79. The first kappa shape index (κ1) is 11.6. The highest BCUT2D eigenvalue weighted by Crippen LogP contribution is 2.60. The summed E-state index contributed by atoms with van der Waals surface area (Å²) in [6, 6.07) is 0.226. The molecule has 5 aliphatic rings. The van der Waals surface area contributed by atoms with Crippen LogP contribution in [0.3, 0.4) is 0 Å². The van der Waals surface area contributed by atoms with Crippen LogP contribution in [-0.2, 0) is 12.0 Å². The maximum Gasteiger partial charge on any atom is 0.203 e. The lowest BCUT2D eigenvalue weighted by Gasteiger charge is -2.57. The number of aromatic nitrogens is 2. The van der Waals surface area contributed by atoms with Crippen LogP contribution in [0.4, 0.5) is 5.95 Å². The van der Waals surface area contributed by atoms with Crippen LogP contribution in [0.25, 0.3) is 0 Å². The molecule has 4 aliphatic carbocycles. The van der Waals surface area contributed by atoms with Crippen LogP contribution >= 0.6 is 0 Å². The monoisotopic (exact) mass is 272 g/mol. The van der Waals surface area contributed by atoms with Gasteiger partial charge in [-0.15, -0.1) is 0 Å². The van der Waals surface area contributed by atoms with Crippen LogP contribution in [0.2, 0.25) is 0 Å². The highest BCUT2D eigenvalue weighted by molar-refractivity contribution is 5.36. The fourth-order valence-electron chi connectivity index (χ4n) is 6.07. The maximum atomic E-state index is 6.16. The summed E-state index contributed by atoms with van der Waals surface area (Å²) in [5.41, 5.74) is 8.08. The Kier molecular flexibility index (Phi) is 2.20. The van der Waals surface area contributed by atoms with Gasteiger partial charge in [0.1, 0.15) is 0 Å². The van der Waals surface area contributed by atoms with Gasteiger partial charge in [-0.05, 0) is 56.3 Å². The van der Waals surface area contributed by atoms with Gasteiger partial charge in [-0.25, -0.2) is 4.98 Å². The van der Waals surface area contributed by atoms with Crippen LogP contribution in [0.15, 0.2) is 6.20 Å². The van der Waals surface area contributed by atoms with E-state index in [1.165, 1.54) is 44.2 Å². The molecule has 3 N–H and O–H groups in total. The first-order valence-electron chi connectivity index (χ1n) is 8.27. The molecule has 4 bridgehead atoms. The Bertz CT molecular complexity index is 511. The van der Waals surface area contributed by atoms with Crippen molar-refractivity contribution < 1.29 is 0 Å². The molecule has 4 fully saturated rings. The van der Waals surface area contributed by atoms with E-state index in [1.807, 2.05) is 0 Å². The van der Waals surface area contributed by atoms with Crippen molar-refractivity contribution in [1.82, 2.24) is 9.55 Å². The van der Waals surface area contributed by atoms with Crippen molar-refractivity contribution in [1.29, 1.82) is 0 Å². The van der Waals surface area contributed by atoms with Gasteiger partial charge in [0.25, 0.3) is 0 Å². The van der Waals surface area contributed by atoms with Crippen LogP contribution in [0, 0.1) is 17.8 Å². The smallest absolute Gasteiger partial charge is 0.203 e. The molecule has 0 radical (unpaired) electrons. The summed E-state index contributed by atoms with van der Waals surface area (Å²) in [6.07, 6.45) is 10.9. The molecule has 4 heteroatoms. The summed E-state index contributed by atoms with van der Waals surface area (Å²) >= 11 is 0. The molecule has 20 heavy (non-hydrogen) atoms. The number of fused-ring (bicyclic) bond motifs is 1. The summed E-state index contributed by atoms with van der Waals surface area (Å²) in [5, 5.41) is 3.39. The number of nitrogens with zero attached hydrogens (tertiary/aromatic N) is 2. The molecule has 2 heterocycles. The van der Waals surface area contributed by atoms with Crippen molar-refractivity contribution in [2.75, 3.05) is 11.9 Å². The molecule has 1 unspecified atom stereocenters. The lowest BCUT2D eigenvalue weighted by molar-refractivity contribution is -0.00892. The predicted octanol–water partition coefficient (Wildman–Crippen LogP) is 2.10. The summed E-state index contributed by atoms with van der Waals surface area (Å²) in [7, 11) is 0. The second-order valence-electron chi connectivity index (χ2n) is 7.92. The Hall–Kier alpha value is -1.03. The summed E-state index contributed by atoms with van der Waals surface area (Å²) in [6.45, 7) is 1.80. The quantitative estimate of drug-likeness (QED) is 0.823. The van der Waals surface area contributed by atoms with E-state index in [1.54, 1.807) is 0 Å². The lowest BCUT2D eigenvalue weighted by Crippen LogP contribution is -2.50. The van der Waals surface area contributed by atoms with E-state index in [0.29, 0.717) is 5.41 Å². The van der Waals surface area contributed by atoms with Crippen molar-refractivity contribution in [3.63, 3.8) is 0 Å². The maximum absolute atomic E-state index is 6.16. The number of hydrogen-bond acceptors (Lipinski definition) is 3. The molecule has 6 rings (SSSR count). The fourth-order valence-corrected chi connectivity index (χ4v) is 6.07. The van der Waals surface area contributed by atoms with Crippen molar-refractivity contribution in [2.24, 2.45) is 23.5 Å². The summed E-state index contributed by atoms with van der Waals surface area (Å²) < 4.78 is 2.40. The average molecular weight is 272 g/mol. The third kappa shape index (κ3) is 1.49. The predicted molar refractivity (Wildman–Crippen MR) is 78.5 cm³/mol. The Morgan fingerprint density at radius 1 is 1.15 bits per heavy atom. The van der Waals surface area contributed by atoms with E-state index in [2.05, 4.69) is 21.1 Å². The van der Waals surface area contributed by atoms with Crippen molar-refractivity contribution in [2.45, 2.75) is 56.5 Å². The van der Waals surface area contributed by atoms with Crippen molar-refractivity contribution in [3.05, 3.63) is 11.9 Å². The highest BCUT2D eigenvalue weighted by Gasteiger charge is 2.53. The van der Waals surface area contributed by atoms with Crippen LogP contribution in [0.1, 0.15) is 44.2 Å². The van der Waals surface area contributed by atoms with Gasteiger partial charge in [-0.3, -0.25) is 0 Å². The van der Waals surface area contributed by atoms with E-state index < -0.39 is 0 Å². The number of nitrogens with two attached hydrogens (primary N) is 1. The third-order valence-electron chi connectivity index (χ3n) is 6.38. The molecule has 0 spiro atoms. The van der Waals surface area contributed by atoms with Crippen LogP contribution in [-0.4, -0.2) is 22.1 Å². The zero-order valence-electron chi connectivity index (χ0n) is 12.0. The van der Waals surface area contributed by atoms with Crippen LogP contribution < -0.4 is 11.1 Å². The molecule has 1 aliphatic heterocycles. The van der Waals surface area contributed by atoms with E-state index in [-0.39, 0.29) is 6.04 Å². The molecule has 1 aromatic heterocycles. The molecular formula is C16H24N4. The SMILES string of the molecule is NC1CNc2ncc(C34CC5CC(CC(C5)C3)C4)n2C1. The first-order valence-corrected chi connectivity index (χ1v) is 8.27. The summed E-state index contributed by atoms with van der Waals surface area (Å²) in [4.78, 5) is 4.64. The van der Waals surface area contributed by atoms with Gasteiger partial charge in [0.2, 0.25) is 5.95 Å². The topological polar surface area (TPSA) is 55.9 Å². The molecule has 0 aromatic carbocycles. The zero-order chi connectivity index (χ0) is 13.3. The van der Waals surface area contributed by atoms with Gasteiger partial charge in [-0.1, -0.05) is 0 Å². The number of rotatable bonds is 1. The van der Waals surface area contributed by atoms with Gasteiger partial charge < -0.3 is 15.6 Å². The Morgan fingerprint density at radius 3 is 2.45 bits per heavy atom. The van der Waals surface area contributed by atoms with E-state index in [0.717, 1.165) is 36.8 Å². The number of imidazole rings is 1. The standard InChI is InChI=1S/C16H24N4/c17-13-7-18-15-19-8-14(20(15)9-13)16-4-10-1-11(5-16)3-12(2-10)6-16/h8,10-13H,1-7,9,17H2,(H,18,19). The van der Waals surface area contributed by atoms with Gasteiger partial charge in [0.05, 0.1) is 6.20 Å². The van der Waals surface area contributed by atoms with Gasteiger partial charge in [-0.2, -0.15) is 0 Å². The Balaban J connectivity index is 1.58. The fraction of sp³-hybridized carbons (Fsp3) is 0.812. The average Bonchev–Trinajstić information content (AvgIpc) is 2.80. The molecule has 1 aromatic rings. The molecule has 0 amide bonds. The molecule has 4 saturated carbocycles. The minimum atomic E-state index is 0.226. The minimum Gasteiger partial charge on any atom is -0.354 e. The van der Waals surface area contributed by atoms with Crippen molar-refractivity contribution in [3.8, 4) is 0 Å². The first-order chi connectivity index (χ1) is 9.72. The molecule has 108 valence electrons. The second-order valence-corrected chi connectivity index (χ2v) is 7.92. The van der Waals surface area contributed by atoms with E-state index in [9.17, 15) is 0 Å². The van der Waals surface area contributed by atoms with E-state index >= 15 is 0 Å². The normalized spacial score (nSPS) is 45.2. The Labute approximate surface area is 120 Å². The van der Waals surface area contributed by atoms with Gasteiger partial charge in [0, 0.05) is 30.2 Å². The van der Waals surface area contributed by atoms with Gasteiger partial charge in [0.15, 0.2) is 0 Å². The summed E-state index contributed by atoms with van der Waals surface area (Å²) in [5.74, 6) is 4.00.